The number of hydrogen-bond donors (Lipinski definition) is 1. The van der Waals surface area contributed by atoms with Crippen molar-refractivity contribution in [2.24, 2.45) is 0 Å². The molecule has 0 atom stereocenters. The summed E-state index contributed by atoms with van der Waals surface area (Å²) in [4.78, 5) is 31.0. The van der Waals surface area contributed by atoms with Gasteiger partial charge in [0.25, 0.3) is 5.91 Å². The molecule has 2 aliphatic rings. The number of benzene rings is 1. The fourth-order valence-electron chi connectivity index (χ4n) is 3.85. The minimum Gasteiger partial charge on any atom is -0.459 e. The third kappa shape index (κ3) is 3.98. The molecule has 0 unspecified atom stereocenters. The lowest BCUT2D eigenvalue weighted by Crippen LogP contribution is -2.51. The highest BCUT2D eigenvalue weighted by atomic mass is 16.3. The largest absolute Gasteiger partial charge is 0.459 e. The predicted octanol–water partition coefficient (Wildman–Crippen LogP) is 3.26. The van der Waals surface area contributed by atoms with Gasteiger partial charge in [0.05, 0.1) is 17.6 Å². The number of carbonyl (C=O) groups excluding carboxylic acids is 2. The van der Waals surface area contributed by atoms with E-state index in [1.807, 2.05) is 18.2 Å². The molecule has 1 aromatic carbocycles. The van der Waals surface area contributed by atoms with Crippen LogP contribution in [0.5, 0.6) is 0 Å². The molecule has 0 aliphatic carbocycles. The van der Waals surface area contributed by atoms with Gasteiger partial charge in [-0.1, -0.05) is 12.1 Å². The van der Waals surface area contributed by atoms with Crippen molar-refractivity contribution in [3.63, 3.8) is 0 Å². The van der Waals surface area contributed by atoms with Gasteiger partial charge < -0.3 is 24.4 Å². The number of rotatable bonds is 3. The number of hydrogen-bond acceptors (Lipinski definition) is 4. The number of carbonyl (C=O) groups is 2. The number of anilines is 2. The van der Waals surface area contributed by atoms with E-state index in [4.69, 9.17) is 4.42 Å². The lowest BCUT2D eigenvalue weighted by Gasteiger charge is -2.35. The Kier molecular flexibility index (Phi) is 5.50. The minimum absolute atomic E-state index is 0.116. The van der Waals surface area contributed by atoms with Gasteiger partial charge in [-0.2, -0.15) is 0 Å². The van der Waals surface area contributed by atoms with Gasteiger partial charge in [0.15, 0.2) is 5.76 Å². The van der Waals surface area contributed by atoms with E-state index in [-0.39, 0.29) is 11.9 Å². The average molecular weight is 382 g/mol. The number of piperazine rings is 1. The second-order valence-electron chi connectivity index (χ2n) is 7.25. The van der Waals surface area contributed by atoms with E-state index in [0.717, 1.165) is 24.5 Å². The summed E-state index contributed by atoms with van der Waals surface area (Å²) in [6, 6.07) is 11.2. The van der Waals surface area contributed by atoms with Crippen molar-refractivity contribution in [3.8, 4) is 0 Å². The van der Waals surface area contributed by atoms with Crippen LogP contribution in [0.25, 0.3) is 0 Å². The van der Waals surface area contributed by atoms with E-state index in [2.05, 4.69) is 16.3 Å². The van der Waals surface area contributed by atoms with Crippen LogP contribution in [0, 0.1) is 0 Å². The van der Waals surface area contributed by atoms with Crippen molar-refractivity contribution in [3.05, 3.63) is 48.4 Å². The van der Waals surface area contributed by atoms with Crippen LogP contribution >= 0.6 is 0 Å². The number of nitrogens with one attached hydrogen (secondary N) is 1. The summed E-state index contributed by atoms with van der Waals surface area (Å²) < 4.78 is 5.18. The summed E-state index contributed by atoms with van der Waals surface area (Å²) in [6.07, 6.45) is 5.14. The molecule has 7 nitrogen and oxygen atoms in total. The average Bonchev–Trinajstić information content (AvgIpc) is 3.29. The van der Waals surface area contributed by atoms with E-state index in [1.165, 1.54) is 25.5 Å². The Morgan fingerprint density at radius 1 is 0.821 bits per heavy atom. The first-order valence-corrected chi connectivity index (χ1v) is 9.95. The van der Waals surface area contributed by atoms with E-state index >= 15 is 0 Å². The number of piperidine rings is 1. The van der Waals surface area contributed by atoms with Crippen molar-refractivity contribution in [2.75, 3.05) is 49.5 Å². The second kappa shape index (κ2) is 8.37. The quantitative estimate of drug-likeness (QED) is 0.885. The van der Waals surface area contributed by atoms with Crippen LogP contribution in [0.2, 0.25) is 0 Å². The van der Waals surface area contributed by atoms with Crippen LogP contribution in [0.4, 0.5) is 16.2 Å². The molecular formula is C21H26N4O3. The molecule has 1 aromatic heterocycles. The molecule has 0 saturated carbocycles. The zero-order valence-corrected chi connectivity index (χ0v) is 16.0. The molecule has 0 radical (unpaired) electrons. The SMILES string of the molecule is O=C(Nc1ccccc1N1CCCCC1)N1CCN(C(=O)c2ccco2)CC1. The highest BCUT2D eigenvalue weighted by molar-refractivity contribution is 5.94. The lowest BCUT2D eigenvalue weighted by molar-refractivity contribution is 0.0640. The van der Waals surface area contributed by atoms with Crippen LogP contribution in [-0.2, 0) is 0 Å². The van der Waals surface area contributed by atoms with Crippen molar-refractivity contribution in [1.29, 1.82) is 0 Å². The zero-order valence-electron chi connectivity index (χ0n) is 16.0. The van der Waals surface area contributed by atoms with E-state index in [0.29, 0.717) is 31.9 Å². The van der Waals surface area contributed by atoms with Gasteiger partial charge >= 0.3 is 6.03 Å². The molecule has 0 spiro atoms. The molecule has 7 heteroatoms. The smallest absolute Gasteiger partial charge is 0.322 e. The van der Waals surface area contributed by atoms with Crippen LogP contribution in [0.1, 0.15) is 29.8 Å². The second-order valence-corrected chi connectivity index (χ2v) is 7.25. The van der Waals surface area contributed by atoms with Gasteiger partial charge in [-0.3, -0.25) is 4.79 Å². The van der Waals surface area contributed by atoms with Gasteiger partial charge in [-0.15, -0.1) is 0 Å². The summed E-state index contributed by atoms with van der Waals surface area (Å²) in [5, 5.41) is 3.07. The molecule has 2 fully saturated rings. The number of para-hydroxylation sites is 2. The summed E-state index contributed by atoms with van der Waals surface area (Å²) in [5.74, 6) is 0.217. The first-order valence-electron chi connectivity index (χ1n) is 9.95. The van der Waals surface area contributed by atoms with Crippen molar-refractivity contribution >= 4 is 23.3 Å². The van der Waals surface area contributed by atoms with Crippen LogP contribution < -0.4 is 10.2 Å². The van der Waals surface area contributed by atoms with Crippen LogP contribution in [-0.4, -0.2) is 61.0 Å². The Morgan fingerprint density at radius 3 is 2.25 bits per heavy atom. The summed E-state index contributed by atoms with van der Waals surface area (Å²) in [6.45, 7) is 4.07. The Hall–Kier alpha value is -2.96. The molecule has 2 aliphatic heterocycles. The van der Waals surface area contributed by atoms with Crippen molar-refractivity contribution in [2.45, 2.75) is 19.3 Å². The summed E-state index contributed by atoms with van der Waals surface area (Å²) in [7, 11) is 0. The van der Waals surface area contributed by atoms with Crippen molar-refractivity contribution in [1.82, 2.24) is 9.80 Å². The number of amides is 3. The Bertz CT molecular complexity index is 807. The topological polar surface area (TPSA) is 69.0 Å². The summed E-state index contributed by atoms with van der Waals surface area (Å²) in [5.41, 5.74) is 1.94. The van der Waals surface area contributed by atoms with E-state index in [9.17, 15) is 9.59 Å². The molecule has 2 saturated heterocycles. The van der Waals surface area contributed by atoms with E-state index < -0.39 is 0 Å². The third-order valence-corrected chi connectivity index (χ3v) is 5.43. The van der Waals surface area contributed by atoms with Crippen LogP contribution in [0.15, 0.2) is 47.1 Å². The maximum Gasteiger partial charge on any atom is 0.322 e. The monoisotopic (exact) mass is 382 g/mol. The van der Waals surface area contributed by atoms with E-state index in [1.54, 1.807) is 21.9 Å². The minimum atomic E-state index is -0.125. The first kappa shape index (κ1) is 18.4. The standard InChI is InChI=1S/C21H26N4O3/c26-20(19-9-6-16-28-19)24-12-14-25(15-13-24)21(27)22-17-7-2-3-8-18(17)23-10-4-1-5-11-23/h2-3,6-9,16H,1,4-5,10-15H2,(H,22,27). The Morgan fingerprint density at radius 2 is 1.54 bits per heavy atom. The molecule has 28 heavy (non-hydrogen) atoms. The fraction of sp³-hybridized carbons (Fsp3) is 0.429. The van der Waals surface area contributed by atoms with Gasteiger partial charge in [-0.25, -0.2) is 4.79 Å². The maximum absolute atomic E-state index is 12.8. The summed E-state index contributed by atoms with van der Waals surface area (Å²) >= 11 is 0. The number of nitrogens with zero attached hydrogens (tertiary/aromatic N) is 3. The van der Waals surface area contributed by atoms with Gasteiger partial charge in [-0.05, 0) is 43.5 Å². The van der Waals surface area contributed by atoms with Crippen molar-refractivity contribution < 1.29 is 14.0 Å². The zero-order chi connectivity index (χ0) is 19.3. The molecule has 3 amide bonds. The molecule has 2 aromatic rings. The highest BCUT2D eigenvalue weighted by Crippen LogP contribution is 2.28. The van der Waals surface area contributed by atoms with Crippen LogP contribution in [0.3, 0.4) is 0 Å². The number of urea groups is 1. The number of furan rings is 1. The van der Waals surface area contributed by atoms with Gasteiger partial charge in [0.1, 0.15) is 0 Å². The molecule has 0 bridgehead atoms. The highest BCUT2D eigenvalue weighted by Gasteiger charge is 2.26. The fourth-order valence-corrected chi connectivity index (χ4v) is 3.85. The normalized spacial score (nSPS) is 17.5. The Labute approximate surface area is 164 Å². The third-order valence-electron chi connectivity index (χ3n) is 5.43. The van der Waals surface area contributed by atoms with Gasteiger partial charge in [0.2, 0.25) is 0 Å². The first-order chi connectivity index (χ1) is 13.7. The lowest BCUT2D eigenvalue weighted by atomic mass is 10.1. The molecule has 1 N–H and O–H groups in total. The van der Waals surface area contributed by atoms with Gasteiger partial charge in [0, 0.05) is 39.3 Å². The molecule has 4 rings (SSSR count). The Balaban J connectivity index is 1.36. The predicted molar refractivity (Wildman–Crippen MR) is 108 cm³/mol. The molecule has 148 valence electrons. The molecule has 3 heterocycles. The molecular weight excluding hydrogens is 356 g/mol. The maximum atomic E-state index is 12.8.